The predicted octanol–water partition coefficient (Wildman–Crippen LogP) is 2.58. The first-order valence-electron chi connectivity index (χ1n) is 7.09. The summed E-state index contributed by atoms with van der Waals surface area (Å²) in [6.45, 7) is 2.81. The smallest absolute Gasteiger partial charge is 0.347 e. The van der Waals surface area contributed by atoms with E-state index < -0.39 is 22.7 Å². The van der Waals surface area contributed by atoms with E-state index in [9.17, 15) is 18.0 Å². The molecule has 2 saturated heterocycles. The number of rotatable bonds is 2. The third kappa shape index (κ3) is 3.20. The van der Waals surface area contributed by atoms with Gasteiger partial charge >= 0.3 is 6.18 Å². The van der Waals surface area contributed by atoms with Crippen LogP contribution >= 0.6 is 11.6 Å². The molecule has 1 amide bonds. The van der Waals surface area contributed by atoms with Crippen LogP contribution in [0.25, 0.3) is 0 Å². The molecule has 4 nitrogen and oxygen atoms in total. The third-order valence-electron chi connectivity index (χ3n) is 4.20. The number of fused-ring (bicyclic) bond motifs is 2. The van der Waals surface area contributed by atoms with E-state index in [0.29, 0.717) is 12.0 Å². The Labute approximate surface area is 130 Å². The highest BCUT2D eigenvalue weighted by atomic mass is 35.5. The van der Waals surface area contributed by atoms with E-state index in [4.69, 9.17) is 11.6 Å². The molecule has 0 spiro atoms. The lowest BCUT2D eigenvalue weighted by molar-refractivity contribution is -0.137. The molecule has 8 heteroatoms. The summed E-state index contributed by atoms with van der Waals surface area (Å²) in [6, 6.07) is 0.663. The fraction of sp³-hybridized carbons (Fsp3) is 0.571. The van der Waals surface area contributed by atoms with Crippen LogP contribution in [0.3, 0.4) is 0 Å². The number of nitrogens with zero attached hydrogens (tertiary/aromatic N) is 2. The van der Waals surface area contributed by atoms with Crippen molar-refractivity contribution >= 4 is 17.5 Å². The van der Waals surface area contributed by atoms with Gasteiger partial charge in [0.1, 0.15) is 5.69 Å². The molecule has 3 rings (SSSR count). The van der Waals surface area contributed by atoms with Crippen molar-refractivity contribution in [2.75, 3.05) is 19.6 Å². The second-order valence-corrected chi connectivity index (χ2v) is 6.27. The first-order chi connectivity index (χ1) is 10.3. The van der Waals surface area contributed by atoms with Gasteiger partial charge in [-0.3, -0.25) is 4.79 Å². The maximum Gasteiger partial charge on any atom is 0.417 e. The summed E-state index contributed by atoms with van der Waals surface area (Å²) in [4.78, 5) is 18.1. The van der Waals surface area contributed by atoms with Gasteiger partial charge in [-0.1, -0.05) is 11.6 Å². The van der Waals surface area contributed by atoms with Gasteiger partial charge in [-0.05, 0) is 31.4 Å². The molecule has 120 valence electrons. The van der Waals surface area contributed by atoms with Crippen LogP contribution in [-0.4, -0.2) is 41.5 Å². The van der Waals surface area contributed by atoms with E-state index in [2.05, 4.69) is 15.2 Å². The van der Waals surface area contributed by atoms with Crippen LogP contribution in [0.5, 0.6) is 0 Å². The molecular weight excluding hydrogens is 319 g/mol. The predicted molar refractivity (Wildman–Crippen MR) is 74.7 cm³/mol. The highest BCUT2D eigenvalue weighted by Gasteiger charge is 2.35. The summed E-state index contributed by atoms with van der Waals surface area (Å²) in [7, 11) is 0. The molecule has 2 fully saturated rings. The van der Waals surface area contributed by atoms with Crippen molar-refractivity contribution in [2.24, 2.45) is 5.92 Å². The third-order valence-corrected chi connectivity index (χ3v) is 4.50. The van der Waals surface area contributed by atoms with E-state index in [1.165, 1.54) is 0 Å². The first kappa shape index (κ1) is 15.6. The van der Waals surface area contributed by atoms with Crippen molar-refractivity contribution in [3.05, 3.63) is 28.5 Å². The zero-order chi connectivity index (χ0) is 15.9. The summed E-state index contributed by atoms with van der Waals surface area (Å²) in [5.41, 5.74) is -1.30. The lowest BCUT2D eigenvalue weighted by atomic mass is 9.97. The Morgan fingerprint density at radius 3 is 2.86 bits per heavy atom. The summed E-state index contributed by atoms with van der Waals surface area (Å²) < 4.78 is 38.4. The average Bonchev–Trinajstić information content (AvgIpc) is 2.77. The molecule has 1 N–H and O–H groups in total. The Morgan fingerprint density at radius 2 is 2.18 bits per heavy atom. The van der Waals surface area contributed by atoms with Crippen LogP contribution in [0.1, 0.15) is 28.9 Å². The SMILES string of the molecule is O=C(N[C@@H]1C[C@@H]2CCN(C2)C1)c1cc(C(F)(F)F)c(Cl)cn1. The van der Waals surface area contributed by atoms with Crippen molar-refractivity contribution in [3.8, 4) is 0 Å². The molecule has 3 atom stereocenters. The molecule has 0 aromatic carbocycles. The van der Waals surface area contributed by atoms with Gasteiger partial charge in [-0.25, -0.2) is 4.98 Å². The van der Waals surface area contributed by atoms with Gasteiger partial charge in [0, 0.05) is 25.3 Å². The lowest BCUT2D eigenvalue weighted by Crippen LogP contribution is -2.47. The molecule has 0 aliphatic carbocycles. The Balaban J connectivity index is 1.72. The minimum absolute atomic E-state index is 0.0411. The van der Waals surface area contributed by atoms with Crippen molar-refractivity contribution in [2.45, 2.75) is 25.1 Å². The zero-order valence-electron chi connectivity index (χ0n) is 11.7. The van der Waals surface area contributed by atoms with E-state index in [1.807, 2.05) is 0 Å². The van der Waals surface area contributed by atoms with Crippen LogP contribution in [0.2, 0.25) is 5.02 Å². The molecule has 22 heavy (non-hydrogen) atoms. The minimum Gasteiger partial charge on any atom is -0.347 e. The number of hydrogen-bond donors (Lipinski definition) is 1. The molecule has 1 aromatic heterocycles. The molecule has 1 aromatic rings. The Kier molecular flexibility index (Phi) is 4.03. The summed E-state index contributed by atoms with van der Waals surface area (Å²) >= 11 is 5.50. The van der Waals surface area contributed by atoms with E-state index in [-0.39, 0.29) is 11.7 Å². The largest absolute Gasteiger partial charge is 0.417 e. The number of halogens is 4. The summed E-state index contributed by atoms with van der Waals surface area (Å²) in [5, 5.41) is 2.27. The zero-order valence-corrected chi connectivity index (χ0v) is 12.4. The molecular formula is C14H15ClF3N3O. The number of alkyl halides is 3. The minimum atomic E-state index is -4.61. The lowest BCUT2D eigenvalue weighted by Gasteiger charge is -2.30. The van der Waals surface area contributed by atoms with Crippen LogP contribution in [-0.2, 0) is 6.18 Å². The molecule has 2 aliphatic rings. The normalized spacial score (nSPS) is 27.7. The number of aromatic nitrogens is 1. The second kappa shape index (κ2) is 5.70. The van der Waals surface area contributed by atoms with Gasteiger partial charge in [-0.15, -0.1) is 0 Å². The summed E-state index contributed by atoms with van der Waals surface area (Å²) in [6.07, 6.45) is -1.76. The van der Waals surface area contributed by atoms with Crippen molar-refractivity contribution in [1.82, 2.24) is 15.2 Å². The highest BCUT2D eigenvalue weighted by molar-refractivity contribution is 6.31. The molecule has 2 bridgehead atoms. The van der Waals surface area contributed by atoms with Crippen molar-refractivity contribution in [3.63, 3.8) is 0 Å². The van der Waals surface area contributed by atoms with E-state index in [0.717, 1.165) is 38.7 Å². The van der Waals surface area contributed by atoms with Gasteiger partial charge in [0.05, 0.1) is 10.6 Å². The Bertz CT molecular complexity index is 581. The molecule has 3 heterocycles. The van der Waals surface area contributed by atoms with Gasteiger partial charge in [0.2, 0.25) is 0 Å². The van der Waals surface area contributed by atoms with Gasteiger partial charge in [0.25, 0.3) is 5.91 Å². The summed E-state index contributed by atoms with van der Waals surface area (Å²) in [5.74, 6) is -0.0300. The molecule has 2 aliphatic heterocycles. The standard InChI is InChI=1S/C14H15ClF3N3O/c15-11-5-19-12(4-10(11)14(16,17)18)13(22)20-9-3-8-1-2-21(6-8)7-9/h4-5,8-9H,1-3,6-7H2,(H,20,22)/t8-,9+/m0/s1. The monoisotopic (exact) mass is 333 g/mol. The maximum atomic E-state index is 12.8. The van der Waals surface area contributed by atoms with Crippen LogP contribution in [0.15, 0.2) is 12.3 Å². The molecule has 0 radical (unpaired) electrons. The van der Waals surface area contributed by atoms with E-state index in [1.54, 1.807) is 0 Å². The van der Waals surface area contributed by atoms with Crippen LogP contribution in [0, 0.1) is 5.92 Å². The maximum absolute atomic E-state index is 12.8. The number of piperidine rings is 1. The first-order valence-corrected chi connectivity index (χ1v) is 7.46. The van der Waals surface area contributed by atoms with Gasteiger partial charge in [0.15, 0.2) is 0 Å². The Morgan fingerprint density at radius 1 is 1.41 bits per heavy atom. The fourth-order valence-electron chi connectivity index (χ4n) is 3.20. The number of hydrogen-bond acceptors (Lipinski definition) is 3. The second-order valence-electron chi connectivity index (χ2n) is 5.87. The van der Waals surface area contributed by atoms with E-state index >= 15 is 0 Å². The highest BCUT2D eigenvalue weighted by Crippen LogP contribution is 2.34. The quantitative estimate of drug-likeness (QED) is 0.905. The topological polar surface area (TPSA) is 45.2 Å². The van der Waals surface area contributed by atoms with Crippen LogP contribution < -0.4 is 5.32 Å². The Hall–Kier alpha value is -1.34. The molecule has 0 saturated carbocycles. The number of pyridine rings is 1. The fourth-order valence-corrected chi connectivity index (χ4v) is 3.41. The number of carbonyl (C=O) groups excluding carboxylic acids is 1. The van der Waals surface area contributed by atoms with Gasteiger partial charge < -0.3 is 10.2 Å². The number of carbonyl (C=O) groups is 1. The number of amides is 1. The number of nitrogens with one attached hydrogen (secondary N) is 1. The van der Waals surface area contributed by atoms with Crippen LogP contribution in [0.4, 0.5) is 13.2 Å². The van der Waals surface area contributed by atoms with Crippen molar-refractivity contribution in [1.29, 1.82) is 0 Å². The molecule has 1 unspecified atom stereocenters. The van der Waals surface area contributed by atoms with Crippen molar-refractivity contribution < 1.29 is 18.0 Å². The average molecular weight is 334 g/mol. The van der Waals surface area contributed by atoms with Gasteiger partial charge in [-0.2, -0.15) is 13.2 Å².